The molecule has 0 saturated carbocycles. The van der Waals surface area contributed by atoms with Gasteiger partial charge in [0.1, 0.15) is 6.04 Å². The van der Waals surface area contributed by atoms with Gasteiger partial charge in [-0.25, -0.2) is 4.79 Å². The van der Waals surface area contributed by atoms with Crippen molar-refractivity contribution >= 4 is 54.1 Å². The van der Waals surface area contributed by atoms with E-state index in [9.17, 15) is 14.7 Å². The van der Waals surface area contributed by atoms with Gasteiger partial charge in [-0.05, 0) is 83.9 Å². The summed E-state index contributed by atoms with van der Waals surface area (Å²) in [6, 6.07) is 20.2. The van der Waals surface area contributed by atoms with Crippen LogP contribution in [0, 0.1) is 6.92 Å². The Labute approximate surface area is 234 Å². The number of aliphatic carboxylic acids is 1. The Balaban J connectivity index is 0.00000456. The number of carbonyl (C=O) groups excluding carboxylic acids is 1. The van der Waals surface area contributed by atoms with Crippen molar-refractivity contribution in [2.45, 2.75) is 32.4 Å². The summed E-state index contributed by atoms with van der Waals surface area (Å²) in [5, 5.41) is 12.9. The van der Waals surface area contributed by atoms with Crippen molar-refractivity contribution < 1.29 is 19.4 Å². The minimum absolute atomic E-state index is 0. The normalized spacial score (nSPS) is 11.4. The summed E-state index contributed by atoms with van der Waals surface area (Å²) in [5.74, 6) is -0.781. The number of thioether (sulfide) groups is 1. The van der Waals surface area contributed by atoms with E-state index < -0.39 is 17.9 Å². The topological polar surface area (TPSA) is 75.6 Å². The van der Waals surface area contributed by atoms with Crippen molar-refractivity contribution in [3.8, 4) is 11.1 Å². The molecular weight excluding hydrogens is 489 g/mol. The molecule has 5 nitrogen and oxygen atoms in total. The number of nitrogens with one attached hydrogen (secondary N) is 1. The summed E-state index contributed by atoms with van der Waals surface area (Å²) in [6.07, 6.45) is 3.05. The number of carboxylic acid groups (broad SMARTS) is 1. The molecule has 0 fully saturated rings. The SMILES string of the molecule is CSCC[C@H](NC(=O)c1ccc(COCCc2ccc(Cl)cc2)cc1-c1ccccc1C)C(=O)O.[LiH]. The van der Waals surface area contributed by atoms with Gasteiger partial charge in [-0.2, -0.15) is 11.8 Å². The fourth-order valence-corrected chi connectivity index (χ4v) is 4.33. The van der Waals surface area contributed by atoms with Gasteiger partial charge in [-0.3, -0.25) is 4.79 Å². The summed E-state index contributed by atoms with van der Waals surface area (Å²) in [4.78, 5) is 24.8. The van der Waals surface area contributed by atoms with Crippen LogP contribution in [0.2, 0.25) is 5.02 Å². The van der Waals surface area contributed by atoms with Crippen molar-refractivity contribution in [2.24, 2.45) is 0 Å². The van der Waals surface area contributed by atoms with Crippen LogP contribution in [0.5, 0.6) is 0 Å². The first-order chi connectivity index (χ1) is 16.9. The molecule has 1 amide bonds. The van der Waals surface area contributed by atoms with Crippen LogP contribution in [0.3, 0.4) is 0 Å². The molecule has 3 aromatic carbocycles. The van der Waals surface area contributed by atoms with Crippen LogP contribution in [0.15, 0.2) is 66.7 Å². The van der Waals surface area contributed by atoms with Crippen molar-refractivity contribution in [3.63, 3.8) is 0 Å². The van der Waals surface area contributed by atoms with Crippen LogP contribution >= 0.6 is 23.4 Å². The molecule has 0 aliphatic rings. The summed E-state index contributed by atoms with van der Waals surface area (Å²) in [6.45, 7) is 2.95. The maximum absolute atomic E-state index is 13.2. The molecule has 0 bridgehead atoms. The van der Waals surface area contributed by atoms with E-state index in [4.69, 9.17) is 16.3 Å². The van der Waals surface area contributed by atoms with E-state index in [2.05, 4.69) is 5.32 Å². The van der Waals surface area contributed by atoms with Crippen molar-refractivity contribution in [1.29, 1.82) is 0 Å². The second-order valence-corrected chi connectivity index (χ2v) is 9.69. The van der Waals surface area contributed by atoms with Crippen molar-refractivity contribution in [2.75, 3.05) is 18.6 Å². The quantitative estimate of drug-likeness (QED) is 0.249. The average molecular weight is 520 g/mol. The third kappa shape index (κ3) is 8.72. The number of aryl methyl sites for hydroxylation is 1. The number of carboxylic acids is 1. The predicted molar refractivity (Wildman–Crippen MR) is 150 cm³/mol. The molecule has 186 valence electrons. The molecule has 0 spiro atoms. The number of amides is 1. The van der Waals surface area contributed by atoms with Gasteiger partial charge in [0.15, 0.2) is 0 Å². The van der Waals surface area contributed by atoms with Gasteiger partial charge in [-0.1, -0.05) is 54.1 Å². The summed E-state index contributed by atoms with van der Waals surface area (Å²) < 4.78 is 5.90. The van der Waals surface area contributed by atoms with Crippen molar-refractivity contribution in [1.82, 2.24) is 5.32 Å². The Morgan fingerprint density at radius 3 is 2.39 bits per heavy atom. The number of halogens is 1. The van der Waals surface area contributed by atoms with E-state index in [1.165, 1.54) is 0 Å². The number of benzene rings is 3. The first-order valence-electron chi connectivity index (χ1n) is 11.4. The number of rotatable bonds is 12. The second-order valence-electron chi connectivity index (χ2n) is 8.27. The van der Waals surface area contributed by atoms with Gasteiger partial charge in [-0.15, -0.1) is 0 Å². The summed E-state index contributed by atoms with van der Waals surface area (Å²) in [5.41, 5.74) is 5.24. The Hall–Kier alpha value is -2.20. The van der Waals surface area contributed by atoms with Crippen LogP contribution in [-0.2, 0) is 22.6 Å². The van der Waals surface area contributed by atoms with E-state index >= 15 is 0 Å². The standard InChI is InChI=1S/C28H30ClNO4S.Li.H/c1-19-5-3-4-6-23(19)25-17-21(18-34-15-13-20-7-10-22(29)11-8-20)9-12-24(25)27(31)30-26(28(32)33)14-16-35-2;;/h3-12,17,26H,13-16,18H2,1-2H3,(H,30,31)(H,32,33);;/t26-;;/m0../s1. The minimum atomic E-state index is -1.03. The number of carbonyl (C=O) groups is 2. The Morgan fingerprint density at radius 2 is 1.72 bits per heavy atom. The van der Waals surface area contributed by atoms with E-state index in [-0.39, 0.29) is 18.9 Å². The molecule has 0 unspecified atom stereocenters. The average Bonchev–Trinajstić information content (AvgIpc) is 2.85. The first-order valence-corrected chi connectivity index (χ1v) is 13.2. The molecular formula is C28H31ClLiNO4S. The van der Waals surface area contributed by atoms with Crippen LogP contribution in [0.4, 0.5) is 0 Å². The molecule has 3 aromatic rings. The molecule has 0 aliphatic carbocycles. The van der Waals surface area contributed by atoms with Crippen LogP contribution in [0.1, 0.15) is 33.5 Å². The third-order valence-electron chi connectivity index (χ3n) is 5.69. The molecule has 0 heterocycles. The van der Waals surface area contributed by atoms with E-state index in [0.29, 0.717) is 36.0 Å². The Bertz CT molecular complexity index is 1160. The molecule has 1 atom stereocenters. The van der Waals surface area contributed by atoms with Gasteiger partial charge >= 0.3 is 24.8 Å². The molecule has 0 saturated heterocycles. The molecule has 8 heteroatoms. The monoisotopic (exact) mass is 519 g/mol. The maximum atomic E-state index is 13.2. The Kier molecular flexibility index (Phi) is 12.6. The van der Waals surface area contributed by atoms with Crippen LogP contribution in [0.25, 0.3) is 11.1 Å². The number of ether oxygens (including phenoxy) is 1. The van der Waals surface area contributed by atoms with E-state index in [1.807, 2.05) is 73.8 Å². The zero-order chi connectivity index (χ0) is 25.2. The molecule has 36 heavy (non-hydrogen) atoms. The zero-order valence-corrected chi connectivity index (χ0v) is 21.5. The molecule has 0 aromatic heterocycles. The molecule has 0 aliphatic heterocycles. The third-order valence-corrected chi connectivity index (χ3v) is 6.59. The first kappa shape index (κ1) is 30.0. The summed E-state index contributed by atoms with van der Waals surface area (Å²) >= 11 is 7.49. The second kappa shape index (κ2) is 15.1. The number of hydrogen-bond donors (Lipinski definition) is 2. The van der Waals surface area contributed by atoms with Gasteiger partial charge in [0.05, 0.1) is 13.2 Å². The van der Waals surface area contributed by atoms with Gasteiger partial charge in [0, 0.05) is 10.6 Å². The van der Waals surface area contributed by atoms with Gasteiger partial charge < -0.3 is 15.2 Å². The van der Waals surface area contributed by atoms with Crippen LogP contribution < -0.4 is 5.32 Å². The number of hydrogen-bond acceptors (Lipinski definition) is 4. The molecule has 2 N–H and O–H groups in total. The molecule has 3 rings (SSSR count). The molecule has 0 radical (unpaired) electrons. The fourth-order valence-electron chi connectivity index (χ4n) is 3.74. The predicted octanol–water partition coefficient (Wildman–Crippen LogP) is 5.36. The summed E-state index contributed by atoms with van der Waals surface area (Å²) in [7, 11) is 0. The van der Waals surface area contributed by atoms with E-state index in [1.54, 1.807) is 17.8 Å². The Morgan fingerprint density at radius 1 is 1.03 bits per heavy atom. The fraction of sp³-hybridized carbons (Fsp3) is 0.286. The van der Waals surface area contributed by atoms with Gasteiger partial charge in [0.25, 0.3) is 5.91 Å². The zero-order valence-electron chi connectivity index (χ0n) is 19.9. The van der Waals surface area contributed by atoms with Crippen molar-refractivity contribution in [3.05, 3.63) is 94.0 Å². The van der Waals surface area contributed by atoms with E-state index in [0.717, 1.165) is 34.2 Å². The van der Waals surface area contributed by atoms with Gasteiger partial charge in [0.2, 0.25) is 0 Å². The van der Waals surface area contributed by atoms with Crippen LogP contribution in [-0.4, -0.2) is 60.5 Å².